The van der Waals surface area contributed by atoms with Crippen LogP contribution in [-0.4, -0.2) is 25.3 Å². The number of carbonyl (C=O) groups excluding carboxylic acids is 1. The largest absolute Gasteiger partial charge is 0.448 e. The summed E-state index contributed by atoms with van der Waals surface area (Å²) in [4.78, 5) is 12.2. The van der Waals surface area contributed by atoms with E-state index < -0.39 is 11.5 Å². The van der Waals surface area contributed by atoms with Crippen LogP contribution in [0.2, 0.25) is 0 Å². The first kappa shape index (κ1) is 21.3. The number of carbonyl (C=O) groups is 1. The van der Waals surface area contributed by atoms with Crippen molar-refractivity contribution in [2.24, 2.45) is 5.41 Å². The smallest absolute Gasteiger partial charge is 0.312 e. The maximum Gasteiger partial charge on any atom is 0.312 e. The van der Waals surface area contributed by atoms with E-state index in [1.54, 1.807) is 0 Å². The first-order valence-electron chi connectivity index (χ1n) is 9.30. The molecule has 0 bridgehead atoms. The van der Waals surface area contributed by atoms with Crippen LogP contribution in [0.4, 0.5) is 0 Å². The molecule has 0 aliphatic heterocycles. The molecule has 0 saturated heterocycles. The molecule has 28 heavy (non-hydrogen) atoms. The molecule has 0 spiro atoms. The number of hydrogen-bond donors (Lipinski definition) is 0. The van der Waals surface area contributed by atoms with Gasteiger partial charge in [-0.15, -0.1) is 0 Å². The molecule has 2 rings (SSSR count). The first-order valence-corrected chi connectivity index (χ1v) is 9.30. The summed E-state index contributed by atoms with van der Waals surface area (Å²) in [6.45, 7) is 6.03. The van der Waals surface area contributed by atoms with Crippen molar-refractivity contribution in [3.8, 4) is 23.7 Å². The van der Waals surface area contributed by atoms with E-state index in [0.717, 1.165) is 11.1 Å². The fourth-order valence-electron chi connectivity index (χ4n) is 2.22. The molecule has 2 aromatic carbocycles. The van der Waals surface area contributed by atoms with E-state index in [1.807, 2.05) is 81.4 Å². The van der Waals surface area contributed by atoms with Crippen LogP contribution in [0.15, 0.2) is 60.7 Å². The monoisotopic (exact) mass is 374 g/mol. The molecule has 144 valence electrons. The summed E-state index contributed by atoms with van der Waals surface area (Å²) in [5.41, 5.74) is 1.45. The second-order valence-electron chi connectivity index (χ2n) is 7.32. The standard InChI is InChI=1S/C25H26O3/c1-25(2,3)24(26)28-23(20-22-14-8-5-9-15-22)17-11-19-27-18-10-16-21-12-6-4-7-13-21/h4-9,12-15,23H,18-20H2,1-3H3. The van der Waals surface area contributed by atoms with Crippen LogP contribution >= 0.6 is 0 Å². The van der Waals surface area contributed by atoms with E-state index in [1.165, 1.54) is 0 Å². The van der Waals surface area contributed by atoms with E-state index >= 15 is 0 Å². The summed E-state index contributed by atoms with van der Waals surface area (Å²) >= 11 is 0. The molecule has 3 heteroatoms. The molecule has 3 nitrogen and oxygen atoms in total. The molecule has 0 amide bonds. The van der Waals surface area contributed by atoms with Gasteiger partial charge in [0.1, 0.15) is 13.2 Å². The van der Waals surface area contributed by atoms with Gasteiger partial charge in [-0.3, -0.25) is 4.79 Å². The Balaban J connectivity index is 1.89. The molecule has 0 aliphatic rings. The fraction of sp³-hybridized carbons (Fsp3) is 0.320. The van der Waals surface area contributed by atoms with Crippen LogP contribution < -0.4 is 0 Å². The third kappa shape index (κ3) is 8.12. The number of benzene rings is 2. The highest BCUT2D eigenvalue weighted by Crippen LogP contribution is 2.17. The minimum Gasteiger partial charge on any atom is -0.448 e. The third-order valence-corrected chi connectivity index (χ3v) is 3.74. The Hall–Kier alpha value is -3.01. The molecule has 0 aliphatic carbocycles. The predicted molar refractivity (Wildman–Crippen MR) is 111 cm³/mol. The van der Waals surface area contributed by atoms with Crippen LogP contribution in [0.25, 0.3) is 0 Å². The van der Waals surface area contributed by atoms with Gasteiger partial charge in [-0.1, -0.05) is 72.2 Å². The minimum atomic E-state index is -0.569. The molecule has 0 aromatic heterocycles. The van der Waals surface area contributed by atoms with Crippen molar-refractivity contribution < 1.29 is 14.3 Å². The summed E-state index contributed by atoms with van der Waals surface area (Å²) in [5, 5.41) is 0. The van der Waals surface area contributed by atoms with Crippen LogP contribution in [-0.2, 0) is 20.7 Å². The maximum absolute atomic E-state index is 12.2. The van der Waals surface area contributed by atoms with Gasteiger partial charge >= 0.3 is 5.97 Å². The van der Waals surface area contributed by atoms with E-state index in [0.29, 0.717) is 13.0 Å². The molecular weight excluding hydrogens is 348 g/mol. The highest BCUT2D eigenvalue weighted by Gasteiger charge is 2.25. The molecule has 1 atom stereocenters. The lowest BCUT2D eigenvalue weighted by Crippen LogP contribution is -2.28. The van der Waals surface area contributed by atoms with Crippen LogP contribution in [0.1, 0.15) is 31.9 Å². The zero-order valence-corrected chi connectivity index (χ0v) is 16.7. The Morgan fingerprint density at radius 1 is 0.929 bits per heavy atom. The Morgan fingerprint density at radius 3 is 2.18 bits per heavy atom. The van der Waals surface area contributed by atoms with Crippen molar-refractivity contribution in [2.45, 2.75) is 33.3 Å². The van der Waals surface area contributed by atoms with Crippen molar-refractivity contribution in [1.82, 2.24) is 0 Å². The quantitative estimate of drug-likeness (QED) is 0.446. The molecule has 0 heterocycles. The van der Waals surface area contributed by atoms with E-state index in [4.69, 9.17) is 9.47 Å². The van der Waals surface area contributed by atoms with Gasteiger partial charge in [0.25, 0.3) is 0 Å². The summed E-state index contributed by atoms with van der Waals surface area (Å²) in [6, 6.07) is 19.6. The molecule has 0 saturated carbocycles. The van der Waals surface area contributed by atoms with Crippen LogP contribution in [0.3, 0.4) is 0 Å². The second-order valence-corrected chi connectivity index (χ2v) is 7.32. The third-order valence-electron chi connectivity index (χ3n) is 3.74. The van der Waals surface area contributed by atoms with Crippen molar-refractivity contribution >= 4 is 5.97 Å². The Bertz CT molecular complexity index is 856. The summed E-state index contributed by atoms with van der Waals surface area (Å²) in [7, 11) is 0. The lowest BCUT2D eigenvalue weighted by molar-refractivity contribution is -0.155. The molecule has 0 radical (unpaired) electrons. The second kappa shape index (κ2) is 11.0. The molecular formula is C25H26O3. The fourth-order valence-corrected chi connectivity index (χ4v) is 2.22. The lowest BCUT2D eigenvalue weighted by atomic mass is 9.97. The van der Waals surface area contributed by atoms with Gasteiger partial charge in [-0.2, -0.15) is 0 Å². The van der Waals surface area contributed by atoms with E-state index in [-0.39, 0.29) is 12.6 Å². The minimum absolute atomic E-state index is 0.238. The number of ether oxygens (including phenoxy) is 2. The number of hydrogen-bond acceptors (Lipinski definition) is 3. The van der Waals surface area contributed by atoms with Crippen LogP contribution in [0, 0.1) is 29.1 Å². The van der Waals surface area contributed by atoms with Gasteiger partial charge in [-0.05, 0) is 38.5 Å². The Kier molecular flexibility index (Phi) is 8.35. The van der Waals surface area contributed by atoms with E-state index in [9.17, 15) is 4.79 Å². The van der Waals surface area contributed by atoms with Crippen molar-refractivity contribution in [3.63, 3.8) is 0 Å². The first-order chi connectivity index (χ1) is 13.4. The van der Waals surface area contributed by atoms with Crippen molar-refractivity contribution in [2.75, 3.05) is 13.2 Å². The Morgan fingerprint density at radius 2 is 1.54 bits per heavy atom. The van der Waals surface area contributed by atoms with Gasteiger partial charge in [-0.25, -0.2) is 0 Å². The number of rotatable bonds is 5. The summed E-state index contributed by atoms with van der Waals surface area (Å²) < 4.78 is 11.0. The highest BCUT2D eigenvalue weighted by molar-refractivity contribution is 5.75. The topological polar surface area (TPSA) is 35.5 Å². The molecule has 0 N–H and O–H groups in total. The van der Waals surface area contributed by atoms with Gasteiger partial charge < -0.3 is 9.47 Å². The van der Waals surface area contributed by atoms with Crippen LogP contribution in [0.5, 0.6) is 0 Å². The average molecular weight is 374 g/mol. The van der Waals surface area contributed by atoms with Crippen molar-refractivity contribution in [1.29, 1.82) is 0 Å². The molecule has 0 fully saturated rings. The predicted octanol–water partition coefficient (Wildman–Crippen LogP) is 4.26. The van der Waals surface area contributed by atoms with Gasteiger partial charge in [0.15, 0.2) is 6.10 Å². The zero-order valence-electron chi connectivity index (χ0n) is 16.7. The average Bonchev–Trinajstić information content (AvgIpc) is 2.68. The SMILES string of the molecule is CC(C)(C)C(=O)OC(C#CCOCC#Cc1ccccc1)Cc1ccccc1. The van der Waals surface area contributed by atoms with E-state index in [2.05, 4.69) is 23.7 Å². The summed E-state index contributed by atoms with van der Waals surface area (Å²) in [6.07, 6.45) is 0.0387. The van der Waals surface area contributed by atoms with Crippen molar-refractivity contribution in [3.05, 3.63) is 71.8 Å². The summed E-state index contributed by atoms with van der Waals surface area (Å²) in [5.74, 6) is 11.7. The van der Waals surface area contributed by atoms with Gasteiger partial charge in [0, 0.05) is 12.0 Å². The lowest BCUT2D eigenvalue weighted by Gasteiger charge is -2.20. The Labute approximate surface area is 168 Å². The molecule has 2 aromatic rings. The maximum atomic E-state index is 12.2. The number of esters is 1. The normalized spacial score (nSPS) is 11.4. The highest BCUT2D eigenvalue weighted by atomic mass is 16.5. The van der Waals surface area contributed by atoms with Gasteiger partial charge in [0.05, 0.1) is 5.41 Å². The molecule has 1 unspecified atom stereocenters. The van der Waals surface area contributed by atoms with Gasteiger partial charge in [0.2, 0.25) is 0 Å². The zero-order chi connectivity index (χ0) is 20.2.